The molecule has 0 fully saturated rings. The van der Waals surface area contributed by atoms with Crippen LogP contribution in [-0.4, -0.2) is 36.3 Å². The number of fused-ring (bicyclic) bond motifs is 1. The van der Waals surface area contributed by atoms with E-state index in [0.717, 1.165) is 6.07 Å². The number of hydrogen-bond donors (Lipinski definition) is 2. The van der Waals surface area contributed by atoms with Crippen molar-refractivity contribution in [1.82, 2.24) is 10.6 Å². The van der Waals surface area contributed by atoms with E-state index in [9.17, 15) is 26.7 Å². The highest BCUT2D eigenvalue weighted by Crippen LogP contribution is 2.39. The number of urea groups is 1. The van der Waals surface area contributed by atoms with E-state index in [4.69, 9.17) is 4.42 Å². The molecular formula is C18H21F5N4O2. The molecule has 3 rings (SSSR count). The average Bonchev–Trinajstić information content (AvgIpc) is 2.92. The number of carbonyl (C=O) groups is 1. The first-order chi connectivity index (χ1) is 13.4. The van der Waals surface area contributed by atoms with E-state index in [1.807, 2.05) is 0 Å². The third kappa shape index (κ3) is 4.22. The van der Waals surface area contributed by atoms with Gasteiger partial charge in [0.25, 0.3) is 0 Å². The van der Waals surface area contributed by atoms with Crippen molar-refractivity contribution in [3.8, 4) is 0 Å². The van der Waals surface area contributed by atoms with Crippen molar-refractivity contribution in [2.24, 2.45) is 9.98 Å². The maximum atomic E-state index is 13.9. The number of carbonyl (C=O) groups excluding carboxylic acids is 1. The normalized spacial score (nSPS) is 20.5. The molecule has 1 aliphatic rings. The zero-order valence-electron chi connectivity index (χ0n) is 15.6. The molecule has 2 amide bonds. The van der Waals surface area contributed by atoms with Gasteiger partial charge in [0.05, 0.1) is 12.1 Å². The van der Waals surface area contributed by atoms with Crippen molar-refractivity contribution in [1.29, 1.82) is 0 Å². The Morgan fingerprint density at radius 3 is 2.59 bits per heavy atom. The number of nitrogens with one attached hydrogen (secondary N) is 2. The van der Waals surface area contributed by atoms with E-state index < -0.39 is 46.8 Å². The van der Waals surface area contributed by atoms with Crippen molar-refractivity contribution in [2.45, 2.75) is 38.5 Å². The summed E-state index contributed by atoms with van der Waals surface area (Å²) in [5.74, 6) is -2.35. The number of nitrogens with zero attached hydrogens (tertiary/aromatic N) is 2. The van der Waals surface area contributed by atoms with Gasteiger partial charge in [0.2, 0.25) is 0 Å². The molecule has 1 aromatic heterocycles. The molecule has 1 aliphatic heterocycles. The molecule has 2 unspecified atom stereocenters. The van der Waals surface area contributed by atoms with E-state index in [0.29, 0.717) is 11.9 Å². The predicted octanol–water partition coefficient (Wildman–Crippen LogP) is 4.68. The fraction of sp³-hybridized carbons (Fsp3) is 0.389. The van der Waals surface area contributed by atoms with Crippen LogP contribution in [0.1, 0.15) is 34.1 Å². The highest BCUT2D eigenvalue weighted by molar-refractivity contribution is 5.94. The molecule has 0 aliphatic carbocycles. The molecule has 11 heteroatoms. The number of amides is 2. The van der Waals surface area contributed by atoms with Gasteiger partial charge in [0.15, 0.2) is 17.4 Å². The molecule has 2 aromatic rings. The summed E-state index contributed by atoms with van der Waals surface area (Å²) >= 11 is 0. The van der Waals surface area contributed by atoms with E-state index in [-0.39, 0.29) is 20.3 Å². The largest absolute Gasteiger partial charge is 0.455 e. The van der Waals surface area contributed by atoms with Gasteiger partial charge in [-0.25, -0.2) is 18.6 Å². The monoisotopic (exact) mass is 420 g/mol. The molecule has 1 aromatic carbocycles. The first-order valence-corrected chi connectivity index (χ1v) is 8.49. The van der Waals surface area contributed by atoms with Crippen LogP contribution in [0.2, 0.25) is 0 Å². The number of aryl methyl sites for hydroxylation is 1. The Kier molecular flexibility index (Phi) is 5.10. The average molecular weight is 420 g/mol. The van der Waals surface area contributed by atoms with Gasteiger partial charge < -0.3 is 15.1 Å². The maximum absolute atomic E-state index is 13.9. The fourth-order valence-corrected chi connectivity index (χ4v) is 2.93. The second-order valence-corrected chi connectivity index (χ2v) is 6.97. The molecule has 2 N–H and O–H groups in total. The van der Waals surface area contributed by atoms with Gasteiger partial charge in [-0.05, 0) is 26.8 Å². The predicted molar refractivity (Wildman–Crippen MR) is 100 cm³/mol. The van der Waals surface area contributed by atoms with Crippen LogP contribution in [0.5, 0.6) is 0 Å². The molecule has 29 heavy (non-hydrogen) atoms. The lowest BCUT2D eigenvalue weighted by molar-refractivity contribution is -0.158. The molecule has 2 heterocycles. The third-order valence-corrected chi connectivity index (χ3v) is 4.43. The summed E-state index contributed by atoms with van der Waals surface area (Å²) in [6.45, 7) is 4.51. The van der Waals surface area contributed by atoms with Crippen LogP contribution in [-0.2, 0) is 0 Å². The summed E-state index contributed by atoms with van der Waals surface area (Å²) in [7, 11) is 0. The third-order valence-electron chi connectivity index (χ3n) is 4.43. The number of benzene rings is 1. The van der Waals surface area contributed by atoms with Crippen molar-refractivity contribution < 1.29 is 34.0 Å². The van der Waals surface area contributed by atoms with Gasteiger partial charge in [-0.15, -0.1) is 0 Å². The lowest BCUT2D eigenvalue weighted by Crippen LogP contribution is -2.56. The van der Waals surface area contributed by atoms with Crippen LogP contribution in [0.15, 0.2) is 26.5 Å². The van der Waals surface area contributed by atoms with Crippen LogP contribution in [0, 0.1) is 18.6 Å². The van der Waals surface area contributed by atoms with Gasteiger partial charge in [0.1, 0.15) is 17.4 Å². The zero-order valence-corrected chi connectivity index (χ0v) is 15.6. The second kappa shape index (κ2) is 7.12. The highest BCUT2D eigenvalue weighted by Gasteiger charge is 2.46. The number of aliphatic imine (C=N–C) groups is 2. The quantitative estimate of drug-likeness (QED) is 0.708. The van der Waals surface area contributed by atoms with Crippen molar-refractivity contribution >= 4 is 29.1 Å². The number of halogens is 5. The fourth-order valence-electron chi connectivity index (χ4n) is 2.93. The zero-order chi connectivity index (χ0) is 21.6. The van der Waals surface area contributed by atoms with Crippen LogP contribution in [0.25, 0.3) is 11.0 Å². The summed E-state index contributed by atoms with van der Waals surface area (Å²) < 4.78 is 73.4. The Hall–Kier alpha value is -2.98. The highest BCUT2D eigenvalue weighted by atomic mass is 19.4. The Morgan fingerprint density at radius 1 is 1.31 bits per heavy atom. The van der Waals surface area contributed by atoms with Gasteiger partial charge in [0, 0.05) is 26.1 Å². The lowest BCUT2D eigenvalue weighted by Gasteiger charge is -2.29. The van der Waals surface area contributed by atoms with Crippen LogP contribution >= 0.6 is 0 Å². The molecule has 6 nitrogen and oxygen atoms in total. The molecule has 2 atom stereocenters. The topological polar surface area (TPSA) is 79.0 Å². The summed E-state index contributed by atoms with van der Waals surface area (Å²) in [5, 5.41) is 4.03. The first kappa shape index (κ1) is 20.7. The van der Waals surface area contributed by atoms with Crippen LogP contribution < -0.4 is 10.6 Å². The van der Waals surface area contributed by atoms with Crippen LogP contribution in [0.4, 0.5) is 26.7 Å². The SMILES string of the molecule is CC1=NCC(C)(NC(=O)NC(c2oc3c(F)cc(F)cc3c2C)C(F)(F)F)C=N1.[HH].[HH]. The van der Waals surface area contributed by atoms with E-state index in [2.05, 4.69) is 15.3 Å². The minimum Gasteiger partial charge on any atom is -0.455 e. The van der Waals surface area contributed by atoms with E-state index in [1.54, 1.807) is 19.2 Å². The van der Waals surface area contributed by atoms with Gasteiger partial charge in [-0.3, -0.25) is 4.99 Å². The Morgan fingerprint density at radius 2 is 2.00 bits per heavy atom. The minimum atomic E-state index is -4.96. The standard InChI is InChI=1S/C18H17F5N4O2.2H2/c1-8-11-4-10(19)5-12(20)14(11)29-13(8)15(18(21,22)23)26-16(28)27-17(3)6-24-9(2)25-7-17;;/h4-6,15H,7H2,1-3H3,(H2,26,27,28);2*1H. The smallest absolute Gasteiger partial charge is 0.416 e. The number of furan rings is 1. The molecule has 160 valence electrons. The molecule has 0 saturated carbocycles. The number of alkyl halides is 3. The van der Waals surface area contributed by atoms with Crippen molar-refractivity contribution in [3.05, 3.63) is 35.1 Å². The van der Waals surface area contributed by atoms with E-state index >= 15 is 0 Å². The number of amidine groups is 1. The number of rotatable bonds is 3. The molecule has 0 saturated heterocycles. The van der Waals surface area contributed by atoms with Gasteiger partial charge in [-0.2, -0.15) is 13.2 Å². The van der Waals surface area contributed by atoms with Crippen LogP contribution in [0.3, 0.4) is 0 Å². The molecule has 0 radical (unpaired) electrons. The summed E-state index contributed by atoms with van der Waals surface area (Å²) in [5.41, 5.74) is -1.74. The van der Waals surface area contributed by atoms with Gasteiger partial charge >= 0.3 is 12.2 Å². The maximum Gasteiger partial charge on any atom is 0.416 e. The number of hydrogen-bond acceptors (Lipinski definition) is 4. The summed E-state index contributed by atoms with van der Waals surface area (Å²) in [4.78, 5) is 20.3. The van der Waals surface area contributed by atoms with Gasteiger partial charge in [-0.1, -0.05) is 0 Å². The van der Waals surface area contributed by atoms with Crippen molar-refractivity contribution in [3.63, 3.8) is 0 Å². The first-order valence-electron chi connectivity index (χ1n) is 8.49. The minimum absolute atomic E-state index is 0. The van der Waals surface area contributed by atoms with Crippen molar-refractivity contribution in [2.75, 3.05) is 6.54 Å². The molecular weight excluding hydrogens is 399 g/mol. The second-order valence-electron chi connectivity index (χ2n) is 6.97. The summed E-state index contributed by atoms with van der Waals surface area (Å²) in [6, 6.07) is -2.35. The Bertz CT molecular complexity index is 1040. The summed E-state index contributed by atoms with van der Waals surface area (Å²) in [6.07, 6.45) is -3.58. The Balaban J connectivity index is 0.00000240. The van der Waals surface area contributed by atoms with E-state index in [1.165, 1.54) is 13.1 Å². The molecule has 0 spiro atoms. The Labute approximate surface area is 164 Å². The lowest BCUT2D eigenvalue weighted by atomic mass is 10.0. The molecule has 0 bridgehead atoms.